The predicted molar refractivity (Wildman–Crippen MR) is 65.7 cm³/mol. The second-order valence-corrected chi connectivity index (χ2v) is 4.15. The molecule has 0 saturated heterocycles. The van der Waals surface area contributed by atoms with Crippen LogP contribution in [0.4, 0.5) is 4.39 Å². The van der Waals surface area contributed by atoms with Crippen molar-refractivity contribution in [2.45, 2.75) is 6.42 Å². The monoisotopic (exact) mass is 277 g/mol. The number of halogens is 1. The maximum Gasteiger partial charge on any atom is 0.199 e. The first kappa shape index (κ1) is 11.7. The van der Waals surface area contributed by atoms with Gasteiger partial charge in [0.05, 0.1) is 6.42 Å². The maximum atomic E-state index is 12.9. The average molecular weight is 277 g/mol. The second-order valence-electron chi connectivity index (χ2n) is 3.76. The SMILES string of the molecule is Fc1ccc(-n2c(Cc3nn[nH]n3)n[nH]c2=S)cc1. The highest BCUT2D eigenvalue weighted by molar-refractivity contribution is 7.71. The van der Waals surface area contributed by atoms with Gasteiger partial charge in [-0.25, -0.2) is 4.39 Å². The Bertz CT molecular complexity index is 728. The van der Waals surface area contributed by atoms with Crippen molar-refractivity contribution in [1.29, 1.82) is 0 Å². The minimum atomic E-state index is -0.307. The fourth-order valence-corrected chi connectivity index (χ4v) is 1.96. The molecule has 3 rings (SSSR count). The van der Waals surface area contributed by atoms with E-state index in [0.29, 0.717) is 22.8 Å². The van der Waals surface area contributed by atoms with Crippen LogP contribution >= 0.6 is 12.2 Å². The summed E-state index contributed by atoms with van der Waals surface area (Å²) < 4.78 is 15.1. The Hall–Kier alpha value is -2.42. The fourth-order valence-electron chi connectivity index (χ4n) is 1.70. The van der Waals surface area contributed by atoms with Gasteiger partial charge in [-0.2, -0.15) is 10.3 Å². The van der Waals surface area contributed by atoms with Crippen LogP contribution in [0.25, 0.3) is 5.69 Å². The molecule has 0 atom stereocenters. The largest absolute Gasteiger partial charge is 0.272 e. The number of aromatic nitrogens is 7. The molecular formula is C10H8FN7S. The molecule has 96 valence electrons. The van der Waals surface area contributed by atoms with Crippen molar-refractivity contribution in [3.05, 3.63) is 46.5 Å². The zero-order chi connectivity index (χ0) is 13.2. The molecule has 7 nitrogen and oxygen atoms in total. The average Bonchev–Trinajstić information content (AvgIpc) is 3.02. The second kappa shape index (κ2) is 4.69. The van der Waals surface area contributed by atoms with Crippen LogP contribution < -0.4 is 0 Å². The summed E-state index contributed by atoms with van der Waals surface area (Å²) in [6, 6.07) is 5.98. The van der Waals surface area contributed by atoms with Crippen LogP contribution in [0.2, 0.25) is 0 Å². The lowest BCUT2D eigenvalue weighted by atomic mass is 10.3. The molecule has 0 aliphatic rings. The Morgan fingerprint density at radius 2 is 2.00 bits per heavy atom. The van der Waals surface area contributed by atoms with E-state index in [0.717, 1.165) is 5.69 Å². The van der Waals surface area contributed by atoms with Gasteiger partial charge in [0.2, 0.25) is 0 Å². The third-order valence-corrected chi connectivity index (χ3v) is 2.81. The van der Waals surface area contributed by atoms with Crippen molar-refractivity contribution in [3.63, 3.8) is 0 Å². The summed E-state index contributed by atoms with van der Waals surface area (Å²) in [6.45, 7) is 0. The molecule has 2 aromatic heterocycles. The summed E-state index contributed by atoms with van der Waals surface area (Å²) >= 11 is 5.17. The van der Waals surface area contributed by atoms with Crippen LogP contribution in [-0.2, 0) is 6.42 Å². The van der Waals surface area contributed by atoms with E-state index in [-0.39, 0.29) is 5.82 Å². The number of nitrogens with one attached hydrogen (secondary N) is 2. The van der Waals surface area contributed by atoms with E-state index in [1.54, 1.807) is 16.7 Å². The molecule has 0 amide bonds. The highest BCUT2D eigenvalue weighted by Crippen LogP contribution is 2.13. The Kier molecular flexibility index (Phi) is 2.88. The van der Waals surface area contributed by atoms with Gasteiger partial charge >= 0.3 is 0 Å². The van der Waals surface area contributed by atoms with Gasteiger partial charge in [0.1, 0.15) is 11.6 Å². The van der Waals surface area contributed by atoms with E-state index in [2.05, 4.69) is 30.8 Å². The van der Waals surface area contributed by atoms with Crippen LogP contribution in [0.5, 0.6) is 0 Å². The molecule has 0 bridgehead atoms. The normalized spacial score (nSPS) is 10.8. The molecule has 9 heteroatoms. The predicted octanol–water partition coefficient (Wildman–Crippen LogP) is 1.17. The zero-order valence-corrected chi connectivity index (χ0v) is 10.4. The van der Waals surface area contributed by atoms with Crippen molar-refractivity contribution in [2.24, 2.45) is 0 Å². The third-order valence-electron chi connectivity index (χ3n) is 2.53. The summed E-state index contributed by atoms with van der Waals surface area (Å²) in [4.78, 5) is 0. The van der Waals surface area contributed by atoms with Crippen LogP contribution in [0.15, 0.2) is 24.3 Å². The van der Waals surface area contributed by atoms with E-state index in [1.165, 1.54) is 12.1 Å². The van der Waals surface area contributed by atoms with Crippen molar-refractivity contribution in [2.75, 3.05) is 0 Å². The molecule has 2 N–H and O–H groups in total. The number of H-pyrrole nitrogens is 2. The molecular weight excluding hydrogens is 269 g/mol. The summed E-state index contributed by atoms with van der Waals surface area (Å²) in [6.07, 6.45) is 0.362. The number of nitrogens with zero attached hydrogens (tertiary/aromatic N) is 5. The van der Waals surface area contributed by atoms with Gasteiger partial charge < -0.3 is 0 Å². The number of hydrogen-bond donors (Lipinski definition) is 2. The van der Waals surface area contributed by atoms with Gasteiger partial charge in [0.15, 0.2) is 10.6 Å². The fraction of sp³-hybridized carbons (Fsp3) is 0.100. The molecule has 3 aromatic rings. The lowest BCUT2D eigenvalue weighted by Gasteiger charge is -2.05. The smallest absolute Gasteiger partial charge is 0.199 e. The van der Waals surface area contributed by atoms with Crippen molar-refractivity contribution in [1.82, 2.24) is 35.4 Å². The van der Waals surface area contributed by atoms with E-state index in [4.69, 9.17) is 12.2 Å². The molecule has 0 aliphatic carbocycles. The van der Waals surface area contributed by atoms with Crippen molar-refractivity contribution < 1.29 is 4.39 Å². The van der Waals surface area contributed by atoms with Crippen LogP contribution in [0.3, 0.4) is 0 Å². The van der Waals surface area contributed by atoms with E-state index >= 15 is 0 Å². The molecule has 0 aliphatic heterocycles. The molecule has 0 fully saturated rings. The first-order valence-corrected chi connectivity index (χ1v) is 5.79. The number of hydrogen-bond acceptors (Lipinski definition) is 5. The summed E-state index contributed by atoms with van der Waals surface area (Å²) in [5, 5.41) is 20.4. The highest BCUT2D eigenvalue weighted by Gasteiger charge is 2.11. The lowest BCUT2D eigenvalue weighted by Crippen LogP contribution is -2.03. The Labute approximate surface area is 111 Å². The molecule has 19 heavy (non-hydrogen) atoms. The molecule has 1 aromatic carbocycles. The van der Waals surface area contributed by atoms with Crippen LogP contribution in [-0.4, -0.2) is 35.4 Å². The van der Waals surface area contributed by atoms with E-state index < -0.39 is 0 Å². The Morgan fingerprint density at radius 3 is 2.68 bits per heavy atom. The first-order valence-electron chi connectivity index (χ1n) is 5.38. The van der Waals surface area contributed by atoms with E-state index in [9.17, 15) is 4.39 Å². The lowest BCUT2D eigenvalue weighted by molar-refractivity contribution is 0.627. The minimum absolute atomic E-state index is 0.307. The minimum Gasteiger partial charge on any atom is -0.272 e. The number of rotatable bonds is 3. The Balaban J connectivity index is 2.03. The van der Waals surface area contributed by atoms with E-state index in [1.807, 2.05) is 0 Å². The third kappa shape index (κ3) is 2.27. The zero-order valence-electron chi connectivity index (χ0n) is 9.54. The first-order chi connectivity index (χ1) is 9.24. The number of aromatic amines is 2. The quantitative estimate of drug-likeness (QED) is 0.702. The molecule has 0 unspecified atom stereocenters. The number of tetrazole rings is 1. The summed E-state index contributed by atoms with van der Waals surface area (Å²) in [5.74, 6) is 0.814. The van der Waals surface area contributed by atoms with Gasteiger partial charge in [0.25, 0.3) is 0 Å². The standard InChI is InChI=1S/C10H8FN7S/c11-6-1-3-7(4-2-6)18-9(14-15-10(18)19)5-8-12-16-17-13-8/h1-4H,5H2,(H,15,19)(H,12,13,16,17). The summed E-state index contributed by atoms with van der Waals surface area (Å²) in [5.41, 5.74) is 0.721. The van der Waals surface area contributed by atoms with Gasteiger partial charge in [-0.05, 0) is 36.5 Å². The highest BCUT2D eigenvalue weighted by atomic mass is 32.1. The van der Waals surface area contributed by atoms with Crippen LogP contribution in [0.1, 0.15) is 11.6 Å². The van der Waals surface area contributed by atoms with Crippen LogP contribution in [0, 0.1) is 10.6 Å². The molecule has 0 spiro atoms. The van der Waals surface area contributed by atoms with Gasteiger partial charge in [-0.1, -0.05) is 5.21 Å². The summed E-state index contributed by atoms with van der Waals surface area (Å²) in [7, 11) is 0. The topological polar surface area (TPSA) is 88.1 Å². The van der Waals surface area contributed by atoms with Gasteiger partial charge in [-0.15, -0.1) is 10.2 Å². The van der Waals surface area contributed by atoms with Crippen molar-refractivity contribution in [3.8, 4) is 5.69 Å². The number of benzene rings is 1. The Morgan fingerprint density at radius 1 is 1.21 bits per heavy atom. The van der Waals surface area contributed by atoms with Crippen molar-refractivity contribution >= 4 is 12.2 Å². The molecule has 0 radical (unpaired) electrons. The van der Waals surface area contributed by atoms with Gasteiger partial charge in [-0.3, -0.25) is 9.67 Å². The van der Waals surface area contributed by atoms with Gasteiger partial charge in [0, 0.05) is 5.69 Å². The molecule has 2 heterocycles. The maximum absolute atomic E-state index is 12.9. The molecule has 0 saturated carbocycles.